The van der Waals surface area contributed by atoms with Gasteiger partial charge in [0.15, 0.2) is 11.4 Å². The van der Waals surface area contributed by atoms with Gasteiger partial charge in [0.25, 0.3) is 0 Å². The van der Waals surface area contributed by atoms with Crippen LogP contribution in [0.2, 0.25) is 0 Å². The molecule has 0 saturated carbocycles. The van der Waals surface area contributed by atoms with E-state index < -0.39 is 0 Å². The summed E-state index contributed by atoms with van der Waals surface area (Å²) in [5, 5.41) is 8.55. The van der Waals surface area contributed by atoms with Crippen molar-refractivity contribution in [3.8, 4) is 50.6 Å². The Kier molecular flexibility index (Phi) is 10.3. The molecule has 0 saturated heterocycles. The molecule has 4 nitrogen and oxygen atoms in total. The van der Waals surface area contributed by atoms with Crippen LogP contribution in [0.5, 0.6) is 0 Å². The Hall–Kier alpha value is -7.56. The van der Waals surface area contributed by atoms with E-state index in [1.165, 1.54) is 67.3 Å². The number of furan rings is 1. The summed E-state index contributed by atoms with van der Waals surface area (Å²) in [4.78, 5) is 10.4. The predicted molar refractivity (Wildman–Crippen MR) is 264 cm³/mol. The van der Waals surface area contributed by atoms with Crippen LogP contribution in [0.15, 0.2) is 192 Å². The smallest absolute Gasteiger partial charge is 0.180 e. The second-order valence-corrected chi connectivity index (χ2v) is 15.5. The molecule has 3 aromatic heterocycles. The highest BCUT2D eigenvalue weighted by Gasteiger charge is 2.23. The molecule has 0 bridgehead atoms. The molecule has 62 heavy (non-hydrogen) atoms. The Morgan fingerprint density at radius 3 is 1.71 bits per heavy atom. The number of rotatable bonds is 6. The molecule has 0 aliphatic heterocycles. The van der Waals surface area contributed by atoms with E-state index in [0.717, 1.165) is 50.1 Å². The molecular formula is C58H47N3O. The van der Waals surface area contributed by atoms with Crippen molar-refractivity contribution in [1.29, 1.82) is 0 Å². The van der Waals surface area contributed by atoms with E-state index in [4.69, 9.17) is 14.4 Å². The number of aromatic nitrogens is 3. The van der Waals surface area contributed by atoms with Crippen molar-refractivity contribution in [1.82, 2.24) is 14.5 Å². The number of fused-ring (bicyclic) bond motifs is 6. The van der Waals surface area contributed by atoms with E-state index in [-0.39, 0.29) is 0 Å². The Morgan fingerprint density at radius 2 is 1.00 bits per heavy atom. The van der Waals surface area contributed by atoms with Gasteiger partial charge >= 0.3 is 0 Å². The fourth-order valence-corrected chi connectivity index (χ4v) is 8.86. The Bertz CT molecular complexity index is 3470. The zero-order chi connectivity index (χ0) is 42.2. The maximum atomic E-state index is 6.71. The van der Waals surface area contributed by atoms with Gasteiger partial charge in [-0.1, -0.05) is 192 Å². The fraction of sp³-hybridized carbons (Fsp3) is 0.103. The van der Waals surface area contributed by atoms with Gasteiger partial charge < -0.3 is 8.98 Å². The molecule has 12 rings (SSSR count). The van der Waals surface area contributed by atoms with Crippen molar-refractivity contribution in [2.75, 3.05) is 0 Å². The standard InChI is InChI=1S/C52H31N3O.C4H10.C2H6/c1-4-13-32(14-5-1)33-23-25-34(26-24-33)49-51-50(54-52(53-49)35-15-6-2-7-16-35)42-31-36(27-30-45(42)56-51)38-28-29-44-48-46(38)40-20-11-10-19-39(40)41-21-12-22-43(47(41)48)55(44)37-17-8-3-9-18-37;1-3-4-2;1-2/h1-31H;3-4H2,1-2H3;1-2H3. The molecule has 0 fully saturated rings. The zero-order valence-electron chi connectivity index (χ0n) is 35.6. The molecule has 3 heterocycles. The third kappa shape index (κ3) is 6.47. The molecule has 9 aromatic carbocycles. The number of para-hydroxylation sites is 1. The first-order valence-corrected chi connectivity index (χ1v) is 21.9. The number of unbranched alkanes of at least 4 members (excludes halogenated alkanes) is 1. The summed E-state index contributed by atoms with van der Waals surface area (Å²) >= 11 is 0. The van der Waals surface area contributed by atoms with Crippen LogP contribution in [-0.4, -0.2) is 14.5 Å². The zero-order valence-corrected chi connectivity index (χ0v) is 35.6. The highest BCUT2D eigenvalue weighted by Crippen LogP contribution is 2.47. The average molecular weight is 802 g/mol. The van der Waals surface area contributed by atoms with Crippen LogP contribution >= 0.6 is 0 Å². The fourth-order valence-electron chi connectivity index (χ4n) is 8.86. The van der Waals surface area contributed by atoms with Crippen LogP contribution in [0.4, 0.5) is 0 Å². The lowest BCUT2D eigenvalue weighted by Crippen LogP contribution is -1.94. The van der Waals surface area contributed by atoms with Crippen molar-refractivity contribution < 1.29 is 4.42 Å². The number of benzene rings is 9. The third-order valence-corrected chi connectivity index (χ3v) is 11.9. The number of nitrogens with zero attached hydrogens (tertiary/aromatic N) is 3. The van der Waals surface area contributed by atoms with Crippen LogP contribution in [-0.2, 0) is 0 Å². The molecule has 0 radical (unpaired) electrons. The van der Waals surface area contributed by atoms with E-state index in [2.05, 4.69) is 182 Å². The van der Waals surface area contributed by atoms with Crippen LogP contribution in [0.1, 0.15) is 40.5 Å². The first-order chi connectivity index (χ1) is 30.7. The maximum absolute atomic E-state index is 6.71. The van der Waals surface area contributed by atoms with Crippen molar-refractivity contribution in [2.45, 2.75) is 40.5 Å². The summed E-state index contributed by atoms with van der Waals surface area (Å²) in [5.41, 5.74) is 13.2. The Balaban J connectivity index is 0.000000725. The monoisotopic (exact) mass is 801 g/mol. The third-order valence-electron chi connectivity index (χ3n) is 11.9. The van der Waals surface area contributed by atoms with Gasteiger partial charge in [0.2, 0.25) is 0 Å². The highest BCUT2D eigenvalue weighted by atomic mass is 16.3. The van der Waals surface area contributed by atoms with E-state index >= 15 is 0 Å². The van der Waals surface area contributed by atoms with Gasteiger partial charge in [0.1, 0.15) is 16.8 Å². The van der Waals surface area contributed by atoms with Crippen molar-refractivity contribution in [2.24, 2.45) is 0 Å². The lowest BCUT2D eigenvalue weighted by atomic mass is 9.89. The minimum atomic E-state index is 0.667. The van der Waals surface area contributed by atoms with E-state index in [1.807, 2.05) is 38.1 Å². The van der Waals surface area contributed by atoms with Gasteiger partial charge in [0, 0.05) is 38.4 Å². The molecule has 0 atom stereocenters. The second kappa shape index (κ2) is 16.5. The van der Waals surface area contributed by atoms with Crippen LogP contribution in [0.25, 0.3) is 116 Å². The highest BCUT2D eigenvalue weighted by molar-refractivity contribution is 6.36. The van der Waals surface area contributed by atoms with E-state index in [0.29, 0.717) is 11.4 Å². The summed E-state index contributed by atoms with van der Waals surface area (Å²) in [6, 6.07) is 66.6. The predicted octanol–water partition coefficient (Wildman–Crippen LogP) is 16.7. The van der Waals surface area contributed by atoms with Gasteiger partial charge in [-0.25, -0.2) is 9.97 Å². The molecular weight excluding hydrogens is 755 g/mol. The van der Waals surface area contributed by atoms with Gasteiger partial charge in [-0.05, 0) is 74.8 Å². The van der Waals surface area contributed by atoms with Crippen LogP contribution in [0.3, 0.4) is 0 Å². The number of hydrogen-bond donors (Lipinski definition) is 0. The quantitative estimate of drug-likeness (QED) is 0.157. The Labute approximate surface area is 362 Å². The summed E-state index contributed by atoms with van der Waals surface area (Å²) < 4.78 is 9.12. The Morgan fingerprint density at radius 1 is 0.435 bits per heavy atom. The van der Waals surface area contributed by atoms with Gasteiger partial charge in [0.05, 0.1) is 11.0 Å². The molecule has 0 unspecified atom stereocenters. The first-order valence-electron chi connectivity index (χ1n) is 21.9. The largest absolute Gasteiger partial charge is 0.452 e. The lowest BCUT2D eigenvalue weighted by molar-refractivity contribution is 0.667. The topological polar surface area (TPSA) is 43.9 Å². The molecule has 12 aromatic rings. The first kappa shape index (κ1) is 38.6. The SMILES string of the molecule is CC.CCCC.c1ccc(-c2ccc(-c3nc(-c4ccccc4)nc4c3oc3ccc(-c5ccc6c7c5c5ccccc5c5cccc(c57)n6-c5ccccc5)cc34)cc2)cc1. The van der Waals surface area contributed by atoms with Crippen molar-refractivity contribution in [3.05, 3.63) is 188 Å². The molecule has 0 aliphatic carbocycles. The lowest BCUT2D eigenvalue weighted by Gasteiger charge is -2.13. The maximum Gasteiger partial charge on any atom is 0.180 e. The van der Waals surface area contributed by atoms with Gasteiger partial charge in [-0.15, -0.1) is 0 Å². The van der Waals surface area contributed by atoms with Crippen molar-refractivity contribution in [3.63, 3.8) is 0 Å². The minimum Gasteiger partial charge on any atom is -0.452 e. The minimum absolute atomic E-state index is 0.667. The van der Waals surface area contributed by atoms with Crippen molar-refractivity contribution >= 4 is 65.4 Å². The molecule has 0 N–H and O–H groups in total. The van der Waals surface area contributed by atoms with Crippen LogP contribution < -0.4 is 0 Å². The molecule has 0 spiro atoms. The average Bonchev–Trinajstić information content (AvgIpc) is 3.90. The summed E-state index contributed by atoms with van der Waals surface area (Å²) in [7, 11) is 0. The molecule has 0 aliphatic rings. The van der Waals surface area contributed by atoms with Gasteiger partial charge in [-0.2, -0.15) is 0 Å². The number of hydrogen-bond acceptors (Lipinski definition) is 3. The van der Waals surface area contributed by atoms with E-state index in [1.54, 1.807) is 0 Å². The molecule has 300 valence electrons. The molecule has 4 heteroatoms. The second-order valence-electron chi connectivity index (χ2n) is 15.5. The van der Waals surface area contributed by atoms with E-state index in [9.17, 15) is 0 Å². The summed E-state index contributed by atoms with van der Waals surface area (Å²) in [6.45, 7) is 8.36. The van der Waals surface area contributed by atoms with Crippen LogP contribution in [0, 0.1) is 0 Å². The molecule has 0 amide bonds. The summed E-state index contributed by atoms with van der Waals surface area (Å²) in [5.74, 6) is 0.667. The van der Waals surface area contributed by atoms with Gasteiger partial charge in [-0.3, -0.25) is 0 Å². The normalized spacial score (nSPS) is 11.4. The summed E-state index contributed by atoms with van der Waals surface area (Å²) in [6.07, 6.45) is 2.64.